The number of hydrogen-bond donors (Lipinski definition) is 2. The van der Waals surface area contributed by atoms with Crippen molar-refractivity contribution in [3.63, 3.8) is 0 Å². The van der Waals surface area contributed by atoms with Crippen LogP contribution < -0.4 is 10.1 Å². The van der Waals surface area contributed by atoms with Gasteiger partial charge in [-0.15, -0.1) is 0 Å². The van der Waals surface area contributed by atoms with Crippen molar-refractivity contribution < 1.29 is 18.7 Å². The van der Waals surface area contributed by atoms with E-state index >= 15 is 0 Å². The summed E-state index contributed by atoms with van der Waals surface area (Å²) in [6.45, 7) is 1.55. The van der Waals surface area contributed by atoms with Crippen LogP contribution in [0.1, 0.15) is 18.4 Å². The van der Waals surface area contributed by atoms with Gasteiger partial charge in [0.05, 0.1) is 7.11 Å². The molecule has 0 unspecified atom stereocenters. The summed E-state index contributed by atoms with van der Waals surface area (Å²) in [5.74, 6) is 0.818. The predicted octanol–water partition coefficient (Wildman–Crippen LogP) is 3.62. The fourth-order valence-corrected chi connectivity index (χ4v) is 4.24. The fraction of sp³-hybridized carbons (Fsp3) is 0.348. The Kier molecular flexibility index (Phi) is 6.66. The van der Waals surface area contributed by atoms with Crippen molar-refractivity contribution in [1.82, 2.24) is 20.1 Å². The van der Waals surface area contributed by atoms with E-state index in [0.29, 0.717) is 43.2 Å². The molecule has 2 N–H and O–H groups in total. The van der Waals surface area contributed by atoms with E-state index in [1.807, 2.05) is 30.3 Å². The van der Waals surface area contributed by atoms with Crippen molar-refractivity contribution in [1.29, 1.82) is 0 Å². The Bertz CT molecular complexity index is 1140. The average Bonchev–Trinajstić information content (AvgIpc) is 3.18. The minimum atomic E-state index is -0.368. The molecule has 7 nitrogen and oxygen atoms in total. The summed E-state index contributed by atoms with van der Waals surface area (Å²) in [6.07, 6.45) is 1.41. The van der Waals surface area contributed by atoms with Crippen LogP contribution >= 0.6 is 12.2 Å². The first kappa shape index (κ1) is 22.2. The van der Waals surface area contributed by atoms with Crippen LogP contribution in [0.2, 0.25) is 0 Å². The molecule has 32 heavy (non-hydrogen) atoms. The lowest BCUT2D eigenvalue weighted by atomic mass is 9.74. The number of aromatic amines is 1. The Morgan fingerprint density at radius 3 is 2.72 bits per heavy atom. The Hall–Kier alpha value is -3.04. The lowest BCUT2D eigenvalue weighted by Crippen LogP contribution is -2.45. The van der Waals surface area contributed by atoms with Crippen LogP contribution in [0.4, 0.5) is 4.39 Å². The van der Waals surface area contributed by atoms with E-state index in [2.05, 4.69) is 15.5 Å². The van der Waals surface area contributed by atoms with Crippen molar-refractivity contribution >= 4 is 18.1 Å². The Labute approximate surface area is 190 Å². The second-order valence-electron chi connectivity index (χ2n) is 7.85. The molecule has 0 atom stereocenters. The van der Waals surface area contributed by atoms with E-state index in [4.69, 9.17) is 21.7 Å². The van der Waals surface area contributed by atoms with Gasteiger partial charge in [-0.1, -0.05) is 12.1 Å². The molecular formula is C23H25FN4O3S. The molecule has 1 aliphatic heterocycles. The van der Waals surface area contributed by atoms with E-state index < -0.39 is 0 Å². The van der Waals surface area contributed by atoms with Crippen molar-refractivity contribution in [3.05, 3.63) is 64.7 Å². The second-order valence-corrected chi connectivity index (χ2v) is 8.23. The molecule has 0 bridgehead atoms. The van der Waals surface area contributed by atoms with Crippen LogP contribution in [0.5, 0.6) is 5.75 Å². The molecule has 2 heterocycles. The van der Waals surface area contributed by atoms with E-state index in [1.165, 1.54) is 6.07 Å². The van der Waals surface area contributed by atoms with Crippen LogP contribution in [0.3, 0.4) is 0 Å². The van der Waals surface area contributed by atoms with Gasteiger partial charge >= 0.3 is 0 Å². The molecule has 0 saturated carbocycles. The molecule has 4 rings (SSSR count). The van der Waals surface area contributed by atoms with Gasteiger partial charge in [-0.2, -0.15) is 5.10 Å². The highest BCUT2D eigenvalue weighted by atomic mass is 32.1. The zero-order valence-corrected chi connectivity index (χ0v) is 18.6. The number of amides is 1. The summed E-state index contributed by atoms with van der Waals surface area (Å²) < 4.78 is 26.6. The van der Waals surface area contributed by atoms with Crippen LogP contribution in [0.25, 0.3) is 11.4 Å². The number of benzene rings is 2. The number of halogens is 1. The highest BCUT2D eigenvalue weighted by Gasteiger charge is 2.35. The van der Waals surface area contributed by atoms with E-state index in [-0.39, 0.29) is 23.7 Å². The first-order valence-corrected chi connectivity index (χ1v) is 10.8. The maximum absolute atomic E-state index is 13.9. The summed E-state index contributed by atoms with van der Waals surface area (Å²) in [6, 6.07) is 14.0. The van der Waals surface area contributed by atoms with Gasteiger partial charge in [0.15, 0.2) is 10.6 Å². The highest BCUT2D eigenvalue weighted by Crippen LogP contribution is 2.34. The molecule has 1 aliphatic rings. The fourth-order valence-electron chi connectivity index (χ4n) is 4.04. The monoisotopic (exact) mass is 456 g/mol. The summed E-state index contributed by atoms with van der Waals surface area (Å²) in [5.41, 5.74) is 1.32. The summed E-state index contributed by atoms with van der Waals surface area (Å²) in [4.78, 5) is 12.9. The van der Waals surface area contributed by atoms with Crippen molar-refractivity contribution in [2.45, 2.75) is 24.8 Å². The third kappa shape index (κ3) is 4.73. The quantitative estimate of drug-likeness (QED) is 0.531. The van der Waals surface area contributed by atoms with Crippen molar-refractivity contribution in [2.75, 3.05) is 26.9 Å². The van der Waals surface area contributed by atoms with Gasteiger partial charge in [-0.05, 0) is 67.0 Å². The zero-order chi connectivity index (χ0) is 22.6. The van der Waals surface area contributed by atoms with Crippen molar-refractivity contribution in [3.8, 4) is 17.1 Å². The average molecular weight is 457 g/mol. The molecule has 1 fully saturated rings. The minimum Gasteiger partial charge on any atom is -0.497 e. The third-order valence-corrected chi connectivity index (χ3v) is 6.23. The van der Waals surface area contributed by atoms with E-state index in [0.717, 1.165) is 16.9 Å². The number of carbonyl (C=O) groups excluding carboxylic acids is 1. The van der Waals surface area contributed by atoms with Crippen LogP contribution in [-0.4, -0.2) is 47.5 Å². The maximum atomic E-state index is 13.9. The molecule has 9 heteroatoms. The molecule has 0 radical (unpaired) electrons. The summed E-state index contributed by atoms with van der Waals surface area (Å²) in [5, 5.41) is 10.1. The maximum Gasteiger partial charge on any atom is 0.240 e. The lowest BCUT2D eigenvalue weighted by molar-refractivity contribution is -0.122. The number of aromatic nitrogens is 3. The van der Waals surface area contributed by atoms with Gasteiger partial charge in [0.25, 0.3) is 0 Å². The minimum absolute atomic E-state index is 0.0203. The first-order chi connectivity index (χ1) is 15.5. The van der Waals surface area contributed by atoms with Crippen molar-refractivity contribution in [2.24, 2.45) is 0 Å². The van der Waals surface area contributed by atoms with Gasteiger partial charge in [0.2, 0.25) is 5.91 Å². The zero-order valence-electron chi connectivity index (χ0n) is 17.8. The van der Waals surface area contributed by atoms with Crippen LogP contribution in [-0.2, 0) is 21.5 Å². The van der Waals surface area contributed by atoms with Gasteiger partial charge in [0.1, 0.15) is 18.1 Å². The molecule has 2 aromatic carbocycles. The van der Waals surface area contributed by atoms with Gasteiger partial charge in [0, 0.05) is 30.7 Å². The number of H-pyrrole nitrogens is 1. The lowest BCUT2D eigenvalue weighted by Gasteiger charge is -2.38. The van der Waals surface area contributed by atoms with Gasteiger partial charge in [-0.3, -0.25) is 14.5 Å². The standard InChI is InChI=1S/C23H25FN4O3S/c1-30-19-7-5-16(6-8-19)21-26-27-22(32)28(21)14-20(29)25-15-23(9-11-31-12-10-23)17-3-2-4-18(24)13-17/h2-8,13H,9-12,14-15H2,1H3,(H,25,29)(H,27,32). The SMILES string of the molecule is COc1ccc(-c2n[nH]c(=S)n2CC(=O)NCC2(c3cccc(F)c3)CCOCC2)cc1. The number of rotatable bonds is 7. The normalized spacial score (nSPS) is 15.3. The number of ether oxygens (including phenoxy) is 2. The largest absolute Gasteiger partial charge is 0.497 e. The smallest absolute Gasteiger partial charge is 0.240 e. The van der Waals surface area contributed by atoms with Crippen LogP contribution in [0, 0.1) is 10.6 Å². The molecule has 0 spiro atoms. The third-order valence-electron chi connectivity index (χ3n) is 5.92. The molecule has 0 aliphatic carbocycles. The number of hydrogen-bond acceptors (Lipinski definition) is 5. The topological polar surface area (TPSA) is 81.2 Å². The number of nitrogens with zero attached hydrogens (tertiary/aromatic N) is 2. The molecule has 168 valence electrons. The summed E-state index contributed by atoms with van der Waals surface area (Å²) in [7, 11) is 1.60. The number of nitrogens with one attached hydrogen (secondary N) is 2. The van der Waals surface area contributed by atoms with E-state index in [1.54, 1.807) is 23.8 Å². The first-order valence-electron chi connectivity index (χ1n) is 10.4. The Morgan fingerprint density at radius 2 is 2.03 bits per heavy atom. The molecular weight excluding hydrogens is 431 g/mol. The predicted molar refractivity (Wildman–Crippen MR) is 121 cm³/mol. The van der Waals surface area contributed by atoms with Gasteiger partial charge in [-0.25, -0.2) is 4.39 Å². The molecule has 1 aromatic heterocycles. The second kappa shape index (κ2) is 9.62. The molecule has 1 saturated heterocycles. The Morgan fingerprint density at radius 1 is 1.28 bits per heavy atom. The highest BCUT2D eigenvalue weighted by molar-refractivity contribution is 7.71. The Balaban J connectivity index is 1.50. The number of carbonyl (C=O) groups is 1. The van der Waals surface area contributed by atoms with Crippen LogP contribution in [0.15, 0.2) is 48.5 Å². The molecule has 3 aromatic rings. The number of methoxy groups -OCH3 is 1. The summed E-state index contributed by atoms with van der Waals surface area (Å²) >= 11 is 5.34. The van der Waals surface area contributed by atoms with E-state index in [9.17, 15) is 9.18 Å². The molecule has 1 amide bonds. The van der Waals surface area contributed by atoms with Gasteiger partial charge < -0.3 is 14.8 Å².